The van der Waals surface area contributed by atoms with Crippen LogP contribution in [0.15, 0.2) is 30.3 Å². The molecule has 6 heteroatoms. The Morgan fingerprint density at radius 3 is 2.45 bits per heavy atom. The molecule has 22 heavy (non-hydrogen) atoms. The van der Waals surface area contributed by atoms with Gasteiger partial charge in [-0.25, -0.2) is 0 Å². The van der Waals surface area contributed by atoms with Gasteiger partial charge >= 0.3 is 0 Å². The number of benzene rings is 1. The highest BCUT2D eigenvalue weighted by molar-refractivity contribution is 14.1. The summed E-state index contributed by atoms with van der Waals surface area (Å²) in [5.74, 6) is -0.635. The van der Waals surface area contributed by atoms with Crippen LogP contribution in [0, 0.1) is 0 Å². The van der Waals surface area contributed by atoms with Crippen LogP contribution in [0.5, 0.6) is 0 Å². The molecule has 0 bridgehead atoms. The fourth-order valence-electron chi connectivity index (χ4n) is 3.26. The molecule has 5 nitrogen and oxygen atoms in total. The fraction of sp³-hybridized carbons (Fsp3) is 0.625. The zero-order chi connectivity index (χ0) is 15.3. The predicted molar refractivity (Wildman–Crippen MR) is 86.5 cm³/mol. The Kier molecular flexibility index (Phi) is 3.95. The average Bonchev–Trinajstić information content (AvgIpc) is 2.99. The van der Waals surface area contributed by atoms with Gasteiger partial charge < -0.3 is 23.7 Å². The first-order chi connectivity index (χ1) is 10.6. The minimum absolute atomic E-state index is 0.0366. The third-order valence-electron chi connectivity index (χ3n) is 4.20. The Morgan fingerprint density at radius 1 is 0.955 bits per heavy atom. The van der Waals surface area contributed by atoms with Crippen LogP contribution in [-0.2, 0) is 23.7 Å². The van der Waals surface area contributed by atoms with Crippen LogP contribution >= 0.6 is 22.6 Å². The maximum atomic E-state index is 6.18. The maximum absolute atomic E-state index is 6.18. The van der Waals surface area contributed by atoms with E-state index in [9.17, 15) is 0 Å². The van der Waals surface area contributed by atoms with Gasteiger partial charge in [0.15, 0.2) is 18.4 Å². The van der Waals surface area contributed by atoms with E-state index in [-0.39, 0.29) is 30.7 Å². The Bertz CT molecular complexity index is 537. The van der Waals surface area contributed by atoms with E-state index in [1.807, 2.05) is 44.2 Å². The lowest BCUT2D eigenvalue weighted by Gasteiger charge is -2.39. The first kappa shape index (κ1) is 15.3. The number of hydrogen-bond donors (Lipinski definition) is 0. The molecule has 0 radical (unpaired) electrons. The molecule has 3 heterocycles. The molecule has 1 aromatic carbocycles. The minimum Gasteiger partial charge on any atom is -0.341 e. The highest BCUT2D eigenvalue weighted by atomic mass is 127. The third-order valence-corrected chi connectivity index (χ3v) is 5.06. The molecule has 0 N–H and O–H groups in total. The van der Waals surface area contributed by atoms with Crippen molar-refractivity contribution in [1.29, 1.82) is 0 Å². The summed E-state index contributed by atoms with van der Waals surface area (Å²) in [7, 11) is 0. The lowest BCUT2D eigenvalue weighted by Crippen LogP contribution is -2.50. The molecule has 120 valence electrons. The van der Waals surface area contributed by atoms with Gasteiger partial charge in [-0.3, -0.25) is 0 Å². The molecule has 3 aliphatic heterocycles. The van der Waals surface area contributed by atoms with Gasteiger partial charge in [0.1, 0.15) is 18.3 Å². The van der Waals surface area contributed by atoms with Gasteiger partial charge in [-0.15, -0.1) is 0 Å². The van der Waals surface area contributed by atoms with E-state index < -0.39 is 12.1 Å². The van der Waals surface area contributed by atoms with E-state index in [0.29, 0.717) is 0 Å². The van der Waals surface area contributed by atoms with Crippen molar-refractivity contribution < 1.29 is 23.7 Å². The van der Waals surface area contributed by atoms with E-state index in [1.165, 1.54) is 0 Å². The van der Waals surface area contributed by atoms with Crippen LogP contribution in [0.3, 0.4) is 0 Å². The second kappa shape index (κ2) is 5.68. The molecule has 3 aliphatic rings. The molecule has 0 aromatic heterocycles. The Labute approximate surface area is 143 Å². The largest absolute Gasteiger partial charge is 0.341 e. The van der Waals surface area contributed by atoms with E-state index in [0.717, 1.165) is 9.99 Å². The number of ether oxygens (including phenoxy) is 5. The highest BCUT2D eigenvalue weighted by Crippen LogP contribution is 2.45. The smallest absolute Gasteiger partial charge is 0.190 e. The van der Waals surface area contributed by atoms with Crippen molar-refractivity contribution in [3.63, 3.8) is 0 Å². The summed E-state index contributed by atoms with van der Waals surface area (Å²) in [6.45, 7) is 3.79. The van der Waals surface area contributed by atoms with Crippen LogP contribution in [0.4, 0.5) is 0 Å². The molecule has 0 spiro atoms. The van der Waals surface area contributed by atoms with Crippen molar-refractivity contribution in [3.8, 4) is 0 Å². The zero-order valence-electron chi connectivity index (χ0n) is 12.5. The van der Waals surface area contributed by atoms with Crippen molar-refractivity contribution in [1.82, 2.24) is 0 Å². The molecule has 0 unspecified atom stereocenters. The molecular weight excluding hydrogens is 399 g/mol. The topological polar surface area (TPSA) is 46.2 Å². The molecule has 6 atom stereocenters. The van der Waals surface area contributed by atoms with Crippen molar-refractivity contribution in [2.75, 3.05) is 4.43 Å². The standard InChI is InChI=1S/C16H19IO5/c1-16(2)21-13-12-11(19-15(13)22-16)10(8-17)18-14(20-12)9-6-4-3-5-7-9/h3-7,10-15H,8H2,1-2H3/t10-,11+,12-,13+,14-,15+/m0/s1. The number of alkyl halides is 1. The maximum Gasteiger partial charge on any atom is 0.190 e. The normalized spacial score (nSPS) is 42.9. The first-order valence-corrected chi connectivity index (χ1v) is 9.03. The molecular formula is C16H19IO5. The van der Waals surface area contributed by atoms with E-state index in [1.54, 1.807) is 0 Å². The van der Waals surface area contributed by atoms with Crippen LogP contribution in [0.1, 0.15) is 25.7 Å². The zero-order valence-corrected chi connectivity index (χ0v) is 14.6. The summed E-state index contributed by atoms with van der Waals surface area (Å²) in [6.07, 6.45) is -1.34. The number of rotatable bonds is 2. The first-order valence-electron chi connectivity index (χ1n) is 7.50. The summed E-state index contributed by atoms with van der Waals surface area (Å²) in [5, 5.41) is 0. The van der Waals surface area contributed by atoms with Gasteiger partial charge in [0, 0.05) is 9.99 Å². The number of halogens is 1. The van der Waals surface area contributed by atoms with Crippen LogP contribution in [0.2, 0.25) is 0 Å². The molecule has 3 saturated heterocycles. The van der Waals surface area contributed by atoms with Crippen molar-refractivity contribution in [2.45, 2.75) is 56.6 Å². The van der Waals surface area contributed by atoms with Crippen LogP contribution in [0.25, 0.3) is 0 Å². The van der Waals surface area contributed by atoms with Gasteiger partial charge in [0.05, 0.1) is 6.10 Å². The van der Waals surface area contributed by atoms with Gasteiger partial charge in [0.2, 0.25) is 0 Å². The van der Waals surface area contributed by atoms with E-state index >= 15 is 0 Å². The molecule has 0 amide bonds. The number of hydrogen-bond acceptors (Lipinski definition) is 5. The summed E-state index contributed by atoms with van der Waals surface area (Å²) >= 11 is 2.32. The highest BCUT2D eigenvalue weighted by Gasteiger charge is 2.59. The Morgan fingerprint density at radius 2 is 1.73 bits per heavy atom. The van der Waals surface area contributed by atoms with Crippen molar-refractivity contribution in [3.05, 3.63) is 35.9 Å². The quantitative estimate of drug-likeness (QED) is 0.546. The second-order valence-electron chi connectivity index (χ2n) is 6.24. The Hall–Kier alpha value is -0.250. The molecule has 0 aliphatic carbocycles. The summed E-state index contributed by atoms with van der Waals surface area (Å²) < 4.78 is 30.9. The van der Waals surface area contributed by atoms with Crippen molar-refractivity contribution in [2.24, 2.45) is 0 Å². The summed E-state index contributed by atoms with van der Waals surface area (Å²) in [5.41, 5.74) is 1.01. The SMILES string of the molecule is CC1(C)O[C@H]2O[C@H]3[C@H](O[C@@H](c4ccccc4)O[C@H]3CI)[C@H]2O1. The molecule has 0 saturated carbocycles. The molecule has 1 aromatic rings. The fourth-order valence-corrected chi connectivity index (χ4v) is 3.97. The van der Waals surface area contributed by atoms with Gasteiger partial charge in [-0.2, -0.15) is 0 Å². The monoisotopic (exact) mass is 418 g/mol. The van der Waals surface area contributed by atoms with Crippen LogP contribution in [-0.4, -0.2) is 40.9 Å². The minimum atomic E-state index is -0.635. The Balaban J connectivity index is 1.59. The summed E-state index contributed by atoms with van der Waals surface area (Å²) in [6, 6.07) is 9.98. The van der Waals surface area contributed by atoms with E-state index in [2.05, 4.69) is 22.6 Å². The van der Waals surface area contributed by atoms with Gasteiger partial charge in [-0.05, 0) is 13.8 Å². The third kappa shape index (κ3) is 2.59. The van der Waals surface area contributed by atoms with Gasteiger partial charge in [0.25, 0.3) is 0 Å². The summed E-state index contributed by atoms with van der Waals surface area (Å²) in [4.78, 5) is 0. The van der Waals surface area contributed by atoms with Crippen molar-refractivity contribution >= 4 is 22.6 Å². The lowest BCUT2D eigenvalue weighted by molar-refractivity contribution is -0.305. The predicted octanol–water partition coefficient (Wildman–Crippen LogP) is 2.78. The van der Waals surface area contributed by atoms with Crippen LogP contribution < -0.4 is 0 Å². The van der Waals surface area contributed by atoms with Gasteiger partial charge in [-0.1, -0.05) is 52.9 Å². The van der Waals surface area contributed by atoms with E-state index in [4.69, 9.17) is 23.7 Å². The average molecular weight is 418 g/mol. The second-order valence-corrected chi connectivity index (χ2v) is 7.12. The number of fused-ring (bicyclic) bond motifs is 3. The molecule has 3 fully saturated rings. The molecule has 4 rings (SSSR count). The lowest BCUT2D eigenvalue weighted by atomic mass is 10.0.